The summed E-state index contributed by atoms with van der Waals surface area (Å²) < 4.78 is 6.97. The Morgan fingerprint density at radius 2 is 0.850 bits per heavy atom. The molecule has 11 rings (SSSR count). The smallest absolute Gasteiger partial charge is 0.145 e. The second-order valence-electron chi connectivity index (χ2n) is 15.2. The highest BCUT2D eigenvalue weighted by atomic mass is 16.3. The van der Waals surface area contributed by atoms with Crippen LogP contribution in [0.2, 0.25) is 0 Å². The van der Waals surface area contributed by atoms with Gasteiger partial charge in [-0.05, 0) is 97.7 Å². The summed E-state index contributed by atoms with van der Waals surface area (Å²) in [6.07, 6.45) is 0. The van der Waals surface area contributed by atoms with E-state index in [2.05, 4.69) is 241 Å². The van der Waals surface area contributed by atoms with Gasteiger partial charge in [0.05, 0.1) is 16.8 Å². The predicted octanol–water partition coefficient (Wildman–Crippen LogP) is 16.5. The fourth-order valence-corrected chi connectivity index (χ4v) is 8.88. The molecule has 0 spiro atoms. The quantitative estimate of drug-likeness (QED) is 0.153. The summed E-state index contributed by atoms with van der Waals surface area (Å²) in [5, 5.41) is 4.53. The number of furan rings is 1. The largest absolute Gasteiger partial charge is 0.455 e. The van der Waals surface area contributed by atoms with Gasteiger partial charge in [0.15, 0.2) is 0 Å². The van der Waals surface area contributed by atoms with Crippen LogP contribution < -0.4 is 4.90 Å². The van der Waals surface area contributed by atoms with Crippen LogP contribution in [0.1, 0.15) is 0 Å². The molecule has 0 radical (unpaired) electrons. The van der Waals surface area contributed by atoms with Crippen molar-refractivity contribution in [1.29, 1.82) is 0 Å². The van der Waals surface area contributed by atoms with Crippen LogP contribution in [0.25, 0.3) is 88.3 Å². The molecule has 0 unspecified atom stereocenters. The van der Waals surface area contributed by atoms with E-state index in [0.717, 1.165) is 72.4 Å². The Kier molecular flexibility index (Phi) is 8.87. The zero-order valence-electron chi connectivity index (χ0n) is 32.9. The van der Waals surface area contributed by atoms with Crippen LogP contribution in [0.5, 0.6) is 0 Å². The first kappa shape index (κ1) is 35.2. The SMILES string of the molecule is c1ccc(-c2ccc(N(c3cccc(-c4ccccc4-c4ccccc4)c3)c3ccc(-c4cccc5ccccc45)c4oc5ccccc5c34)c(-c3ccccc3)c2)cc1. The number of rotatable bonds is 8. The lowest BCUT2D eigenvalue weighted by Crippen LogP contribution is -2.12. The Labute approximate surface area is 349 Å². The maximum absolute atomic E-state index is 6.97. The van der Waals surface area contributed by atoms with Crippen LogP contribution in [-0.4, -0.2) is 0 Å². The minimum atomic E-state index is 0.856. The Balaban J connectivity index is 1.21. The summed E-state index contributed by atoms with van der Waals surface area (Å²) in [6, 6.07) is 84.8. The molecule has 2 heteroatoms. The van der Waals surface area contributed by atoms with E-state index >= 15 is 0 Å². The number of anilines is 3. The van der Waals surface area contributed by atoms with Gasteiger partial charge in [-0.3, -0.25) is 0 Å². The summed E-state index contributed by atoms with van der Waals surface area (Å²) in [7, 11) is 0. The third-order valence-electron chi connectivity index (χ3n) is 11.7. The standard InChI is InChI=1S/C58H39NO/c1-4-18-40(19-5-1)44-34-36-54(53(39-44)43-22-8-3-9-23-43)59(46-27-16-26-45(38-46)49-30-13-12-28-47(49)41-20-6-2-7-21-41)55-37-35-51(50-32-17-25-42-24-10-11-29-48(42)50)58-57(55)52-31-14-15-33-56(52)60-58/h1-39H. The van der Waals surface area contributed by atoms with E-state index < -0.39 is 0 Å². The van der Waals surface area contributed by atoms with Gasteiger partial charge < -0.3 is 9.32 Å². The molecule has 0 amide bonds. The minimum absolute atomic E-state index is 0.856. The Morgan fingerprint density at radius 3 is 1.62 bits per heavy atom. The number of nitrogens with zero attached hydrogens (tertiary/aromatic N) is 1. The third kappa shape index (κ3) is 6.23. The zero-order valence-corrected chi connectivity index (χ0v) is 32.9. The van der Waals surface area contributed by atoms with E-state index in [1.54, 1.807) is 0 Å². The molecule has 0 saturated heterocycles. The van der Waals surface area contributed by atoms with Gasteiger partial charge in [-0.2, -0.15) is 0 Å². The summed E-state index contributed by atoms with van der Waals surface area (Å²) in [6.45, 7) is 0. The molecular weight excluding hydrogens is 727 g/mol. The van der Waals surface area contributed by atoms with Gasteiger partial charge in [0.1, 0.15) is 11.2 Å². The van der Waals surface area contributed by atoms with Crippen molar-refractivity contribution in [1.82, 2.24) is 0 Å². The number of fused-ring (bicyclic) bond motifs is 4. The normalized spacial score (nSPS) is 11.3. The molecule has 1 aromatic heterocycles. The van der Waals surface area contributed by atoms with Gasteiger partial charge >= 0.3 is 0 Å². The number of hydrogen-bond donors (Lipinski definition) is 0. The predicted molar refractivity (Wildman–Crippen MR) is 253 cm³/mol. The van der Waals surface area contributed by atoms with Gasteiger partial charge in [-0.1, -0.05) is 194 Å². The van der Waals surface area contributed by atoms with Crippen molar-refractivity contribution in [3.63, 3.8) is 0 Å². The van der Waals surface area contributed by atoms with Gasteiger partial charge in [-0.15, -0.1) is 0 Å². The summed E-state index contributed by atoms with van der Waals surface area (Å²) in [4.78, 5) is 2.45. The monoisotopic (exact) mass is 765 g/mol. The Morgan fingerprint density at radius 1 is 0.300 bits per heavy atom. The fraction of sp³-hybridized carbons (Fsp3) is 0. The van der Waals surface area contributed by atoms with Gasteiger partial charge in [0, 0.05) is 22.2 Å². The third-order valence-corrected chi connectivity index (χ3v) is 11.7. The number of hydrogen-bond acceptors (Lipinski definition) is 2. The zero-order chi connectivity index (χ0) is 39.8. The van der Waals surface area contributed by atoms with Crippen LogP contribution in [-0.2, 0) is 0 Å². The molecule has 1 heterocycles. The first-order valence-corrected chi connectivity index (χ1v) is 20.5. The van der Waals surface area contributed by atoms with Crippen molar-refractivity contribution in [3.8, 4) is 55.6 Å². The Bertz CT molecular complexity index is 3310. The molecule has 2 nitrogen and oxygen atoms in total. The molecule has 0 bridgehead atoms. The fourth-order valence-electron chi connectivity index (χ4n) is 8.88. The van der Waals surface area contributed by atoms with Gasteiger partial charge in [0.2, 0.25) is 0 Å². The van der Waals surface area contributed by atoms with Crippen molar-refractivity contribution in [3.05, 3.63) is 237 Å². The molecular formula is C58H39NO. The van der Waals surface area contributed by atoms with E-state index in [0.29, 0.717) is 0 Å². The molecule has 0 fully saturated rings. The lowest BCUT2D eigenvalue weighted by molar-refractivity contribution is 0.670. The second kappa shape index (κ2) is 15.1. The average molecular weight is 766 g/mol. The van der Waals surface area contributed by atoms with Crippen molar-refractivity contribution in [2.75, 3.05) is 4.90 Å². The molecule has 0 saturated carbocycles. The van der Waals surface area contributed by atoms with Gasteiger partial charge in [0.25, 0.3) is 0 Å². The molecule has 60 heavy (non-hydrogen) atoms. The van der Waals surface area contributed by atoms with E-state index in [9.17, 15) is 0 Å². The van der Waals surface area contributed by atoms with E-state index in [-0.39, 0.29) is 0 Å². The van der Waals surface area contributed by atoms with Crippen LogP contribution >= 0.6 is 0 Å². The summed E-state index contributed by atoms with van der Waals surface area (Å²) in [5.74, 6) is 0. The number of para-hydroxylation sites is 1. The highest BCUT2D eigenvalue weighted by Crippen LogP contribution is 2.50. The molecule has 0 atom stereocenters. The lowest BCUT2D eigenvalue weighted by Gasteiger charge is -2.30. The van der Waals surface area contributed by atoms with Crippen LogP contribution in [0.3, 0.4) is 0 Å². The maximum atomic E-state index is 6.97. The first-order chi connectivity index (χ1) is 29.8. The molecule has 282 valence electrons. The van der Waals surface area contributed by atoms with Crippen molar-refractivity contribution in [2.24, 2.45) is 0 Å². The van der Waals surface area contributed by atoms with Crippen LogP contribution in [0.4, 0.5) is 17.1 Å². The topological polar surface area (TPSA) is 16.4 Å². The Hall–Kier alpha value is -7.94. The molecule has 11 aromatic rings. The van der Waals surface area contributed by atoms with Crippen molar-refractivity contribution < 1.29 is 4.42 Å². The highest BCUT2D eigenvalue weighted by molar-refractivity contribution is 6.19. The second-order valence-corrected chi connectivity index (χ2v) is 15.2. The van der Waals surface area contributed by atoms with E-state index in [1.165, 1.54) is 33.0 Å². The highest BCUT2D eigenvalue weighted by Gasteiger charge is 2.25. The molecule has 0 aliphatic rings. The van der Waals surface area contributed by atoms with E-state index in [1.807, 2.05) is 0 Å². The molecule has 0 N–H and O–H groups in total. The first-order valence-electron chi connectivity index (χ1n) is 20.5. The number of benzene rings is 10. The van der Waals surface area contributed by atoms with E-state index in [4.69, 9.17) is 4.42 Å². The minimum Gasteiger partial charge on any atom is -0.455 e. The van der Waals surface area contributed by atoms with Crippen LogP contribution in [0.15, 0.2) is 241 Å². The van der Waals surface area contributed by atoms with Crippen molar-refractivity contribution >= 4 is 49.8 Å². The molecule has 0 aliphatic carbocycles. The lowest BCUT2D eigenvalue weighted by atomic mass is 9.93. The van der Waals surface area contributed by atoms with Crippen molar-refractivity contribution in [2.45, 2.75) is 0 Å². The summed E-state index contributed by atoms with van der Waals surface area (Å²) in [5.41, 5.74) is 16.4. The maximum Gasteiger partial charge on any atom is 0.145 e. The summed E-state index contributed by atoms with van der Waals surface area (Å²) >= 11 is 0. The molecule has 0 aliphatic heterocycles. The average Bonchev–Trinajstić information content (AvgIpc) is 3.73. The molecule has 10 aromatic carbocycles. The van der Waals surface area contributed by atoms with Crippen LogP contribution in [0, 0.1) is 0 Å². The van der Waals surface area contributed by atoms with Gasteiger partial charge in [-0.25, -0.2) is 0 Å².